The van der Waals surface area contributed by atoms with Crippen molar-refractivity contribution >= 4 is 40.3 Å². The van der Waals surface area contributed by atoms with Gasteiger partial charge in [0, 0.05) is 5.02 Å². The van der Waals surface area contributed by atoms with E-state index in [0.29, 0.717) is 32.6 Å². The number of benzene rings is 2. The summed E-state index contributed by atoms with van der Waals surface area (Å²) < 4.78 is 10.4. The molecular formula is C16H11Cl2NO3. The van der Waals surface area contributed by atoms with E-state index in [-0.39, 0.29) is 12.4 Å². The average Bonchev–Trinajstić information content (AvgIpc) is 2.91. The number of carbonyl (C=O) groups excluding carboxylic acids is 1. The second kappa shape index (κ2) is 5.99. The van der Waals surface area contributed by atoms with Gasteiger partial charge in [0.15, 0.2) is 5.58 Å². The van der Waals surface area contributed by atoms with E-state index in [9.17, 15) is 4.79 Å². The number of carbonyl (C=O) groups is 1. The number of nitrogens with zero attached hydrogens (tertiary/aromatic N) is 1. The number of para-hydroxylation sites is 1. The summed E-state index contributed by atoms with van der Waals surface area (Å²) in [6.45, 7) is 0. The van der Waals surface area contributed by atoms with Crippen molar-refractivity contribution in [3.63, 3.8) is 0 Å². The molecular weight excluding hydrogens is 325 g/mol. The van der Waals surface area contributed by atoms with Gasteiger partial charge in [0.2, 0.25) is 5.89 Å². The Labute approximate surface area is 136 Å². The first-order valence-electron chi connectivity index (χ1n) is 6.49. The van der Waals surface area contributed by atoms with Crippen LogP contribution in [0.15, 0.2) is 40.8 Å². The first-order chi connectivity index (χ1) is 10.6. The number of hydrogen-bond donors (Lipinski definition) is 0. The molecule has 0 N–H and O–H groups in total. The van der Waals surface area contributed by atoms with Crippen LogP contribution in [0.1, 0.15) is 5.56 Å². The summed E-state index contributed by atoms with van der Waals surface area (Å²) in [7, 11) is 1.35. The van der Waals surface area contributed by atoms with Gasteiger partial charge < -0.3 is 9.15 Å². The number of methoxy groups -OCH3 is 1. The quantitative estimate of drug-likeness (QED) is 0.660. The van der Waals surface area contributed by atoms with Gasteiger partial charge in [0.05, 0.1) is 24.1 Å². The van der Waals surface area contributed by atoms with Crippen LogP contribution in [0.4, 0.5) is 0 Å². The first kappa shape index (κ1) is 14.9. The number of halogens is 2. The van der Waals surface area contributed by atoms with Crippen molar-refractivity contribution in [2.24, 2.45) is 0 Å². The van der Waals surface area contributed by atoms with E-state index in [1.54, 1.807) is 30.3 Å². The third-order valence-corrected chi connectivity index (χ3v) is 3.77. The van der Waals surface area contributed by atoms with E-state index in [4.69, 9.17) is 32.4 Å². The van der Waals surface area contributed by atoms with Gasteiger partial charge in [-0.15, -0.1) is 0 Å². The predicted octanol–water partition coefficient (Wildman–Crippen LogP) is 4.52. The zero-order valence-electron chi connectivity index (χ0n) is 11.6. The molecule has 4 nitrogen and oxygen atoms in total. The highest BCUT2D eigenvalue weighted by atomic mass is 35.5. The van der Waals surface area contributed by atoms with E-state index < -0.39 is 0 Å². The Balaban J connectivity index is 2.09. The highest BCUT2D eigenvalue weighted by molar-refractivity contribution is 6.36. The van der Waals surface area contributed by atoms with Crippen LogP contribution in [-0.4, -0.2) is 18.1 Å². The highest BCUT2D eigenvalue weighted by Gasteiger charge is 2.15. The van der Waals surface area contributed by atoms with Crippen molar-refractivity contribution in [1.82, 2.24) is 4.98 Å². The minimum absolute atomic E-state index is 0.133. The van der Waals surface area contributed by atoms with Gasteiger partial charge in [0.1, 0.15) is 5.52 Å². The zero-order valence-corrected chi connectivity index (χ0v) is 13.1. The lowest BCUT2D eigenvalue weighted by Crippen LogP contribution is -2.04. The fraction of sp³-hybridized carbons (Fsp3) is 0.125. The monoisotopic (exact) mass is 335 g/mol. The Bertz CT molecular complexity index is 858. The minimum atomic E-state index is -0.332. The number of hydrogen-bond acceptors (Lipinski definition) is 4. The Kier molecular flexibility index (Phi) is 4.05. The van der Waals surface area contributed by atoms with Crippen LogP contribution in [0.25, 0.3) is 22.6 Å². The number of esters is 1. The molecule has 0 spiro atoms. The van der Waals surface area contributed by atoms with Crippen LogP contribution >= 0.6 is 23.2 Å². The molecule has 22 heavy (non-hydrogen) atoms. The molecule has 6 heteroatoms. The Morgan fingerprint density at radius 1 is 1.27 bits per heavy atom. The largest absolute Gasteiger partial charge is 0.469 e. The summed E-state index contributed by atoms with van der Waals surface area (Å²) in [5.74, 6) is 0.0514. The van der Waals surface area contributed by atoms with Gasteiger partial charge >= 0.3 is 5.97 Å². The van der Waals surface area contributed by atoms with Crippen molar-refractivity contribution in [2.75, 3.05) is 7.11 Å². The van der Waals surface area contributed by atoms with Gasteiger partial charge in [-0.1, -0.05) is 35.3 Å². The van der Waals surface area contributed by atoms with E-state index in [1.165, 1.54) is 7.11 Å². The van der Waals surface area contributed by atoms with Crippen molar-refractivity contribution in [2.45, 2.75) is 6.42 Å². The Morgan fingerprint density at radius 3 is 2.82 bits per heavy atom. The molecule has 0 amide bonds. The van der Waals surface area contributed by atoms with E-state index >= 15 is 0 Å². The molecule has 0 aliphatic carbocycles. The van der Waals surface area contributed by atoms with Crippen LogP contribution < -0.4 is 0 Å². The fourth-order valence-corrected chi connectivity index (χ4v) is 2.64. The van der Waals surface area contributed by atoms with Crippen LogP contribution in [0, 0.1) is 0 Å². The van der Waals surface area contributed by atoms with Crippen LogP contribution in [-0.2, 0) is 16.0 Å². The van der Waals surface area contributed by atoms with Crippen molar-refractivity contribution in [3.8, 4) is 11.5 Å². The molecule has 0 saturated carbocycles. The second-order valence-electron chi connectivity index (χ2n) is 4.66. The Morgan fingerprint density at radius 2 is 2.09 bits per heavy atom. The molecule has 1 heterocycles. The lowest BCUT2D eigenvalue weighted by atomic mass is 10.1. The third-order valence-electron chi connectivity index (χ3n) is 3.23. The van der Waals surface area contributed by atoms with Gasteiger partial charge in [-0.25, -0.2) is 4.98 Å². The normalized spacial score (nSPS) is 10.9. The maximum atomic E-state index is 11.5. The lowest BCUT2D eigenvalue weighted by molar-refractivity contribution is -0.139. The number of fused-ring (bicyclic) bond motifs is 1. The molecule has 0 atom stereocenters. The van der Waals surface area contributed by atoms with Gasteiger partial charge in [-0.3, -0.25) is 4.79 Å². The van der Waals surface area contributed by atoms with E-state index in [0.717, 1.165) is 5.56 Å². The number of aromatic nitrogens is 1. The summed E-state index contributed by atoms with van der Waals surface area (Å²) in [5.41, 5.74) is 2.59. The molecule has 0 aliphatic heterocycles. The molecule has 112 valence electrons. The zero-order chi connectivity index (χ0) is 15.7. The number of rotatable bonds is 3. The lowest BCUT2D eigenvalue weighted by Gasteiger charge is -1.99. The summed E-state index contributed by atoms with van der Waals surface area (Å²) >= 11 is 12.1. The standard InChI is InChI=1S/C16H11Cl2NO3/c1-21-14(20)7-9-3-2-4-13-15(9)19-16(22-13)11-6-5-10(17)8-12(11)18/h2-6,8H,7H2,1H3. The fourth-order valence-electron chi connectivity index (χ4n) is 2.15. The Hall–Kier alpha value is -2.04. The topological polar surface area (TPSA) is 52.3 Å². The van der Waals surface area contributed by atoms with Crippen LogP contribution in [0.3, 0.4) is 0 Å². The SMILES string of the molecule is COC(=O)Cc1cccc2oc(-c3ccc(Cl)cc3Cl)nc12. The summed E-state index contributed by atoms with van der Waals surface area (Å²) in [5, 5.41) is 0.991. The molecule has 0 aliphatic rings. The van der Waals surface area contributed by atoms with E-state index in [1.807, 2.05) is 6.07 Å². The molecule has 0 radical (unpaired) electrons. The van der Waals surface area contributed by atoms with Crippen molar-refractivity contribution < 1.29 is 13.9 Å². The molecule has 1 aromatic heterocycles. The number of oxazole rings is 1. The summed E-state index contributed by atoms with van der Waals surface area (Å²) in [4.78, 5) is 15.9. The minimum Gasteiger partial charge on any atom is -0.469 e. The van der Waals surface area contributed by atoms with Gasteiger partial charge in [0.25, 0.3) is 0 Å². The molecule has 0 bridgehead atoms. The molecule has 2 aromatic carbocycles. The smallest absolute Gasteiger partial charge is 0.310 e. The van der Waals surface area contributed by atoms with E-state index in [2.05, 4.69) is 4.98 Å². The molecule has 3 rings (SSSR count). The molecule has 0 saturated heterocycles. The molecule has 3 aromatic rings. The number of ether oxygens (including phenoxy) is 1. The molecule has 0 unspecified atom stereocenters. The summed E-state index contributed by atoms with van der Waals surface area (Å²) in [6, 6.07) is 10.5. The maximum absolute atomic E-state index is 11.5. The van der Waals surface area contributed by atoms with Crippen LogP contribution in [0.2, 0.25) is 10.0 Å². The highest BCUT2D eigenvalue weighted by Crippen LogP contribution is 2.32. The predicted molar refractivity (Wildman–Crippen MR) is 85.2 cm³/mol. The first-order valence-corrected chi connectivity index (χ1v) is 7.25. The third kappa shape index (κ3) is 2.80. The van der Waals surface area contributed by atoms with Crippen LogP contribution in [0.5, 0.6) is 0 Å². The van der Waals surface area contributed by atoms with Gasteiger partial charge in [-0.05, 0) is 29.8 Å². The van der Waals surface area contributed by atoms with Gasteiger partial charge in [-0.2, -0.15) is 0 Å². The molecule has 0 fully saturated rings. The second-order valence-corrected chi connectivity index (χ2v) is 5.50. The van der Waals surface area contributed by atoms with Crippen molar-refractivity contribution in [3.05, 3.63) is 52.0 Å². The maximum Gasteiger partial charge on any atom is 0.310 e. The summed E-state index contributed by atoms with van der Waals surface area (Å²) in [6.07, 6.45) is 0.133. The average molecular weight is 336 g/mol. The van der Waals surface area contributed by atoms with Crippen molar-refractivity contribution in [1.29, 1.82) is 0 Å².